The Balaban J connectivity index is 0.00000162. The van der Waals surface area contributed by atoms with E-state index in [1.54, 1.807) is 11.3 Å². The van der Waals surface area contributed by atoms with Gasteiger partial charge in [-0.2, -0.15) is 4.57 Å². The van der Waals surface area contributed by atoms with Gasteiger partial charge in [0.15, 0.2) is 0 Å². The number of ether oxygens (including phenoxy) is 1. The molecule has 0 aliphatic heterocycles. The Bertz CT molecular complexity index is 539. The van der Waals surface area contributed by atoms with Crippen molar-refractivity contribution in [1.82, 2.24) is 0 Å². The van der Waals surface area contributed by atoms with Gasteiger partial charge in [0, 0.05) is 6.07 Å². The highest BCUT2D eigenvalue weighted by Crippen LogP contribution is 2.17. The predicted molar refractivity (Wildman–Crippen MR) is 68.0 cm³/mol. The molecular weight excluding hydrogens is 314 g/mol. The van der Waals surface area contributed by atoms with Crippen LogP contribution in [-0.4, -0.2) is 12.6 Å². The summed E-state index contributed by atoms with van der Waals surface area (Å²) in [5, 5.41) is 0. The second-order valence-corrected chi connectivity index (χ2v) is 4.93. The van der Waals surface area contributed by atoms with Gasteiger partial charge in [0.05, 0.1) is 6.61 Å². The van der Waals surface area contributed by atoms with Gasteiger partial charge in [-0.1, -0.05) is 24.3 Å². The Kier molecular flexibility index (Phi) is 5.75. The zero-order valence-electron chi connectivity index (χ0n) is 10.5. The summed E-state index contributed by atoms with van der Waals surface area (Å²) in [5.41, 5.74) is 4.30. The molecule has 0 saturated heterocycles. The molecule has 0 amide bonds. The van der Waals surface area contributed by atoms with Gasteiger partial charge >= 0.3 is 5.97 Å². The molecule has 1 aromatic carbocycles. The highest BCUT2D eigenvalue weighted by atomic mass is 79.9. The third kappa shape index (κ3) is 3.53. The molecule has 2 rings (SSSR count). The summed E-state index contributed by atoms with van der Waals surface area (Å²) in [6.45, 7) is 4.85. The van der Waals surface area contributed by atoms with E-state index in [0.29, 0.717) is 13.2 Å². The number of rotatable bonds is 4. The molecule has 5 heteroatoms. The van der Waals surface area contributed by atoms with Gasteiger partial charge in [-0.3, -0.25) is 0 Å². The fourth-order valence-corrected chi connectivity index (χ4v) is 2.64. The van der Waals surface area contributed by atoms with Crippen LogP contribution in [-0.2, 0) is 16.1 Å². The minimum Gasteiger partial charge on any atom is -1.00 e. The van der Waals surface area contributed by atoms with Crippen LogP contribution in [0.2, 0.25) is 0 Å². The Labute approximate surface area is 121 Å². The molecule has 1 heterocycles. The lowest BCUT2D eigenvalue weighted by atomic mass is 10.2. The van der Waals surface area contributed by atoms with Crippen molar-refractivity contribution in [3.05, 3.63) is 29.3 Å². The summed E-state index contributed by atoms with van der Waals surface area (Å²) in [7, 11) is 0. The van der Waals surface area contributed by atoms with E-state index in [1.165, 1.54) is 10.3 Å². The topological polar surface area (TPSA) is 30.2 Å². The van der Waals surface area contributed by atoms with Crippen molar-refractivity contribution >= 4 is 27.5 Å². The maximum absolute atomic E-state index is 11.5. The molecule has 0 radical (unpaired) electrons. The molecule has 0 aliphatic carbocycles. The lowest BCUT2D eigenvalue weighted by molar-refractivity contribution is -0.655. The van der Waals surface area contributed by atoms with Crippen molar-refractivity contribution in [1.29, 1.82) is 0 Å². The van der Waals surface area contributed by atoms with Gasteiger partial charge in [-0.25, -0.2) is 4.79 Å². The van der Waals surface area contributed by atoms with E-state index in [-0.39, 0.29) is 23.0 Å². The SMILES string of the molecule is CCCOC(=O)C[n+]1csc2cc(C)ccc21.[Br-]. The van der Waals surface area contributed by atoms with Crippen molar-refractivity contribution in [2.24, 2.45) is 0 Å². The third-order valence-electron chi connectivity index (χ3n) is 2.50. The van der Waals surface area contributed by atoms with Crippen LogP contribution in [0, 0.1) is 6.92 Å². The monoisotopic (exact) mass is 329 g/mol. The number of halogens is 1. The maximum Gasteiger partial charge on any atom is 0.372 e. The first kappa shape index (κ1) is 15.1. The first-order chi connectivity index (χ1) is 8.20. The van der Waals surface area contributed by atoms with Gasteiger partial charge in [-0.15, -0.1) is 0 Å². The van der Waals surface area contributed by atoms with Crippen molar-refractivity contribution < 1.29 is 31.1 Å². The summed E-state index contributed by atoms with van der Waals surface area (Å²) in [4.78, 5) is 11.5. The number of aromatic nitrogens is 1. The zero-order valence-corrected chi connectivity index (χ0v) is 12.9. The minimum atomic E-state index is -0.169. The molecule has 0 N–H and O–H groups in total. The van der Waals surface area contributed by atoms with Gasteiger partial charge in [0.1, 0.15) is 4.70 Å². The average molecular weight is 330 g/mol. The summed E-state index contributed by atoms with van der Waals surface area (Å²) in [5.74, 6) is -0.169. The predicted octanol–water partition coefficient (Wildman–Crippen LogP) is -0.546. The standard InChI is InChI=1S/C13H16NO2S.BrH/c1-3-6-16-13(15)8-14-9-17-12-7-10(2)4-5-11(12)14;/h4-5,7,9H,3,6,8H2,1-2H3;1H/q+1;/p-1. The van der Waals surface area contributed by atoms with Gasteiger partial charge in [0.2, 0.25) is 17.6 Å². The summed E-state index contributed by atoms with van der Waals surface area (Å²) in [6.07, 6.45) is 0.861. The number of nitrogens with zero attached hydrogens (tertiary/aromatic N) is 1. The lowest BCUT2D eigenvalue weighted by Gasteiger charge is -1.99. The van der Waals surface area contributed by atoms with E-state index in [0.717, 1.165) is 11.9 Å². The van der Waals surface area contributed by atoms with E-state index in [2.05, 4.69) is 19.1 Å². The highest BCUT2D eigenvalue weighted by molar-refractivity contribution is 7.16. The average Bonchev–Trinajstić information content (AvgIpc) is 2.69. The minimum absolute atomic E-state index is 0. The normalized spacial score (nSPS) is 10.1. The largest absolute Gasteiger partial charge is 1.00 e. The van der Waals surface area contributed by atoms with Crippen LogP contribution >= 0.6 is 11.3 Å². The highest BCUT2D eigenvalue weighted by Gasteiger charge is 2.16. The Morgan fingerprint density at radius 3 is 2.94 bits per heavy atom. The quantitative estimate of drug-likeness (QED) is 0.557. The number of carbonyl (C=O) groups excluding carboxylic acids is 1. The lowest BCUT2D eigenvalue weighted by Crippen LogP contribution is -3.00. The summed E-state index contributed by atoms with van der Waals surface area (Å²) >= 11 is 1.65. The van der Waals surface area contributed by atoms with Crippen molar-refractivity contribution in [2.45, 2.75) is 26.8 Å². The maximum atomic E-state index is 11.5. The fourth-order valence-electron chi connectivity index (χ4n) is 1.65. The van der Waals surface area contributed by atoms with Gasteiger partial charge in [-0.05, 0) is 25.0 Å². The van der Waals surface area contributed by atoms with Crippen LogP contribution in [0.15, 0.2) is 23.7 Å². The Morgan fingerprint density at radius 1 is 1.44 bits per heavy atom. The van der Waals surface area contributed by atoms with Crippen molar-refractivity contribution in [2.75, 3.05) is 6.61 Å². The molecule has 98 valence electrons. The van der Waals surface area contributed by atoms with Crippen LogP contribution < -0.4 is 21.5 Å². The number of fused-ring (bicyclic) bond motifs is 1. The Hall–Kier alpha value is -0.940. The number of hydrogen-bond donors (Lipinski definition) is 0. The number of thiazole rings is 1. The number of carbonyl (C=O) groups is 1. The molecule has 18 heavy (non-hydrogen) atoms. The van der Waals surface area contributed by atoms with Crippen LogP contribution in [0.3, 0.4) is 0 Å². The van der Waals surface area contributed by atoms with Crippen molar-refractivity contribution in [3.8, 4) is 0 Å². The van der Waals surface area contributed by atoms with Crippen LogP contribution in [0.4, 0.5) is 0 Å². The van der Waals surface area contributed by atoms with Crippen LogP contribution in [0.25, 0.3) is 10.2 Å². The molecule has 0 atom stereocenters. The third-order valence-corrected chi connectivity index (χ3v) is 3.44. The first-order valence-corrected chi connectivity index (χ1v) is 6.61. The van der Waals surface area contributed by atoms with Crippen LogP contribution in [0.5, 0.6) is 0 Å². The second-order valence-electron chi connectivity index (χ2n) is 4.04. The van der Waals surface area contributed by atoms with E-state index in [4.69, 9.17) is 4.74 Å². The summed E-state index contributed by atoms with van der Waals surface area (Å²) in [6, 6.07) is 6.24. The molecule has 1 aromatic heterocycles. The zero-order chi connectivity index (χ0) is 12.3. The van der Waals surface area contributed by atoms with Crippen LogP contribution in [0.1, 0.15) is 18.9 Å². The van der Waals surface area contributed by atoms with E-state index >= 15 is 0 Å². The smallest absolute Gasteiger partial charge is 0.372 e. The van der Waals surface area contributed by atoms with Gasteiger partial charge < -0.3 is 21.7 Å². The molecule has 3 nitrogen and oxygen atoms in total. The first-order valence-electron chi connectivity index (χ1n) is 5.73. The molecular formula is C13H16BrNO2S. The molecule has 0 spiro atoms. The van der Waals surface area contributed by atoms with E-state index in [9.17, 15) is 4.79 Å². The van der Waals surface area contributed by atoms with E-state index < -0.39 is 0 Å². The molecule has 2 aromatic rings. The number of esters is 1. The van der Waals surface area contributed by atoms with Crippen molar-refractivity contribution in [3.63, 3.8) is 0 Å². The fraction of sp³-hybridized carbons (Fsp3) is 0.385. The second kappa shape index (κ2) is 6.85. The molecule has 0 unspecified atom stereocenters. The van der Waals surface area contributed by atoms with E-state index in [1.807, 2.05) is 23.1 Å². The molecule has 0 saturated carbocycles. The molecule has 0 bridgehead atoms. The Morgan fingerprint density at radius 2 is 2.22 bits per heavy atom. The molecule has 0 fully saturated rings. The van der Waals surface area contributed by atoms with Gasteiger partial charge in [0.25, 0.3) is 0 Å². The number of hydrogen-bond acceptors (Lipinski definition) is 3. The number of benzene rings is 1. The molecule has 0 aliphatic rings. The summed E-state index contributed by atoms with van der Waals surface area (Å²) < 4.78 is 8.23. The number of aryl methyl sites for hydroxylation is 1.